The van der Waals surface area contributed by atoms with E-state index in [0.717, 1.165) is 0 Å². The van der Waals surface area contributed by atoms with E-state index in [1.807, 2.05) is 11.8 Å². The van der Waals surface area contributed by atoms with Crippen LogP contribution in [-0.2, 0) is 11.2 Å². The number of likely N-dealkylation sites (N-methyl/N-ethyl adjacent to an activating group) is 1. The van der Waals surface area contributed by atoms with Crippen LogP contribution in [0.1, 0.15) is 31.7 Å². The summed E-state index contributed by atoms with van der Waals surface area (Å²) in [5.74, 6) is -0.878. The molecule has 2 amide bonds. The number of carbonyl (C=O) groups is 2. The van der Waals surface area contributed by atoms with Crippen molar-refractivity contribution in [3.63, 3.8) is 0 Å². The lowest BCUT2D eigenvalue weighted by molar-refractivity contribution is -0.139. The van der Waals surface area contributed by atoms with Crippen molar-refractivity contribution in [3.8, 4) is 0 Å². The van der Waals surface area contributed by atoms with Gasteiger partial charge in [0, 0.05) is 24.2 Å². The van der Waals surface area contributed by atoms with E-state index >= 15 is 0 Å². The van der Waals surface area contributed by atoms with Gasteiger partial charge in [-0.3, -0.25) is 9.69 Å². The van der Waals surface area contributed by atoms with E-state index in [1.54, 1.807) is 18.2 Å². The second-order valence-electron chi connectivity index (χ2n) is 6.69. The monoisotopic (exact) mass is 387 g/mol. The molecule has 150 valence electrons. The third-order valence-electron chi connectivity index (χ3n) is 4.59. The van der Waals surface area contributed by atoms with E-state index in [0.29, 0.717) is 30.6 Å². The molecule has 1 aromatic rings. The Hall–Kier alpha value is -2.29. The zero-order chi connectivity index (χ0) is 20.0. The molecule has 0 bridgehead atoms. The van der Waals surface area contributed by atoms with Crippen LogP contribution in [-0.4, -0.2) is 53.4 Å². The first-order valence-electron chi connectivity index (χ1n) is 8.85. The maximum absolute atomic E-state index is 12.3. The average Bonchev–Trinajstić information content (AvgIpc) is 2.53. The van der Waals surface area contributed by atoms with Crippen LogP contribution in [0, 0.1) is 0 Å². The van der Waals surface area contributed by atoms with Crippen molar-refractivity contribution in [3.05, 3.63) is 29.8 Å². The number of nitrogens with one attached hydrogen (secondary N) is 2. The predicted molar refractivity (Wildman–Crippen MR) is 94.7 cm³/mol. The lowest BCUT2D eigenvalue weighted by Crippen LogP contribution is -2.55. The van der Waals surface area contributed by atoms with Crippen LogP contribution in [0.4, 0.5) is 23.7 Å². The normalized spacial score (nSPS) is 19.4. The number of halogens is 3. The topological polar surface area (TPSA) is 81.7 Å². The summed E-state index contributed by atoms with van der Waals surface area (Å²) >= 11 is 0. The minimum absolute atomic E-state index is 0.0230. The molecule has 0 radical (unpaired) electrons. The van der Waals surface area contributed by atoms with Gasteiger partial charge in [-0.25, -0.2) is 4.79 Å². The molecule has 0 aromatic heterocycles. The molecule has 1 saturated carbocycles. The first kappa shape index (κ1) is 21.0. The third-order valence-corrected chi connectivity index (χ3v) is 4.59. The highest BCUT2D eigenvalue weighted by molar-refractivity contribution is 5.89. The minimum atomic E-state index is -4.21. The fourth-order valence-corrected chi connectivity index (χ4v) is 3.12. The number of alkyl halides is 3. The fourth-order valence-electron chi connectivity index (χ4n) is 3.12. The molecule has 1 fully saturated rings. The molecule has 6 nitrogen and oxygen atoms in total. The number of amides is 2. The smallest absolute Gasteiger partial charge is 0.389 e. The average molecular weight is 387 g/mol. The summed E-state index contributed by atoms with van der Waals surface area (Å²) in [5.41, 5.74) is 0.935. The molecule has 1 aromatic carbocycles. The maximum atomic E-state index is 12.3. The Morgan fingerprint density at radius 1 is 1.30 bits per heavy atom. The standard InChI is InChI=1S/C18H24F3N3O3/c1-2-24(11-16(25)26)15-9-14(10-15)23-17(27)22-13-5-3-4-12(8-13)6-7-18(19,20)21/h3-5,8,14-15H,2,6-7,9-11H2,1H3,(H,25,26)(H2,22,23,27). The van der Waals surface area contributed by atoms with Gasteiger partial charge in [-0.15, -0.1) is 0 Å². The van der Waals surface area contributed by atoms with Crippen LogP contribution in [0.2, 0.25) is 0 Å². The second kappa shape index (κ2) is 9.07. The Balaban J connectivity index is 1.77. The quantitative estimate of drug-likeness (QED) is 0.640. The van der Waals surface area contributed by atoms with Gasteiger partial charge in [0.15, 0.2) is 0 Å². The Morgan fingerprint density at radius 3 is 2.59 bits per heavy atom. The number of rotatable bonds is 8. The number of carboxylic acid groups (broad SMARTS) is 1. The number of urea groups is 1. The van der Waals surface area contributed by atoms with Crippen molar-refractivity contribution >= 4 is 17.7 Å². The molecule has 27 heavy (non-hydrogen) atoms. The number of hydrogen-bond acceptors (Lipinski definition) is 3. The van der Waals surface area contributed by atoms with Crippen LogP contribution in [0.3, 0.4) is 0 Å². The van der Waals surface area contributed by atoms with Crippen LogP contribution >= 0.6 is 0 Å². The van der Waals surface area contributed by atoms with Gasteiger partial charge in [-0.05, 0) is 43.5 Å². The van der Waals surface area contributed by atoms with E-state index in [1.165, 1.54) is 6.07 Å². The molecule has 1 aliphatic rings. The largest absolute Gasteiger partial charge is 0.480 e. The molecular weight excluding hydrogens is 363 g/mol. The summed E-state index contributed by atoms with van der Waals surface area (Å²) in [7, 11) is 0. The van der Waals surface area contributed by atoms with E-state index in [4.69, 9.17) is 5.11 Å². The van der Waals surface area contributed by atoms with Gasteiger partial charge >= 0.3 is 18.2 Å². The second-order valence-corrected chi connectivity index (χ2v) is 6.69. The third kappa shape index (κ3) is 7.09. The van der Waals surface area contributed by atoms with Crippen LogP contribution in [0.5, 0.6) is 0 Å². The Morgan fingerprint density at radius 2 is 2.00 bits per heavy atom. The lowest BCUT2D eigenvalue weighted by Gasteiger charge is -2.42. The van der Waals surface area contributed by atoms with Gasteiger partial charge in [0.2, 0.25) is 0 Å². The van der Waals surface area contributed by atoms with Gasteiger partial charge in [0.25, 0.3) is 0 Å². The highest BCUT2D eigenvalue weighted by Crippen LogP contribution is 2.26. The van der Waals surface area contributed by atoms with Crippen LogP contribution in [0.25, 0.3) is 0 Å². The van der Waals surface area contributed by atoms with Crippen molar-refractivity contribution in [2.75, 3.05) is 18.4 Å². The van der Waals surface area contributed by atoms with Crippen molar-refractivity contribution in [2.24, 2.45) is 0 Å². The number of carboxylic acids is 1. The number of benzene rings is 1. The van der Waals surface area contributed by atoms with E-state index in [9.17, 15) is 22.8 Å². The van der Waals surface area contributed by atoms with Crippen molar-refractivity contribution in [1.82, 2.24) is 10.2 Å². The maximum Gasteiger partial charge on any atom is 0.389 e. The van der Waals surface area contributed by atoms with Crippen molar-refractivity contribution < 1.29 is 27.9 Å². The molecule has 0 atom stereocenters. The SMILES string of the molecule is CCN(CC(=O)O)C1CC(NC(=O)Nc2cccc(CCC(F)(F)F)c2)C1. The zero-order valence-corrected chi connectivity index (χ0v) is 15.1. The summed E-state index contributed by atoms with van der Waals surface area (Å²) in [6, 6.07) is 5.99. The first-order valence-corrected chi connectivity index (χ1v) is 8.85. The Kier molecular flexibility index (Phi) is 7.06. The fraction of sp³-hybridized carbons (Fsp3) is 0.556. The molecule has 3 N–H and O–H groups in total. The number of nitrogens with zero attached hydrogens (tertiary/aromatic N) is 1. The zero-order valence-electron chi connectivity index (χ0n) is 15.1. The van der Waals surface area contributed by atoms with Gasteiger partial charge in [-0.2, -0.15) is 13.2 Å². The molecular formula is C18H24F3N3O3. The molecule has 1 aliphatic carbocycles. The number of carbonyl (C=O) groups excluding carboxylic acids is 1. The molecule has 0 saturated heterocycles. The number of aliphatic carboxylic acids is 1. The van der Waals surface area contributed by atoms with Crippen molar-refractivity contribution in [1.29, 1.82) is 0 Å². The predicted octanol–water partition coefficient (Wildman–Crippen LogP) is 3.24. The Labute approximate surface area is 155 Å². The summed E-state index contributed by atoms with van der Waals surface area (Å²) < 4.78 is 36.9. The minimum Gasteiger partial charge on any atom is -0.480 e. The molecule has 2 rings (SSSR count). The van der Waals surface area contributed by atoms with Gasteiger partial charge < -0.3 is 15.7 Å². The first-order chi connectivity index (χ1) is 12.7. The highest BCUT2D eigenvalue weighted by Gasteiger charge is 2.34. The van der Waals surface area contributed by atoms with E-state index in [-0.39, 0.29) is 25.0 Å². The van der Waals surface area contributed by atoms with Crippen molar-refractivity contribution in [2.45, 2.75) is 50.9 Å². The number of anilines is 1. The van der Waals surface area contributed by atoms with Crippen LogP contribution in [0.15, 0.2) is 24.3 Å². The molecule has 0 unspecified atom stereocenters. The van der Waals surface area contributed by atoms with Gasteiger partial charge in [0.1, 0.15) is 0 Å². The molecule has 9 heteroatoms. The van der Waals surface area contributed by atoms with E-state index in [2.05, 4.69) is 10.6 Å². The van der Waals surface area contributed by atoms with Gasteiger partial charge in [0.05, 0.1) is 6.54 Å². The van der Waals surface area contributed by atoms with Gasteiger partial charge in [-0.1, -0.05) is 19.1 Å². The summed E-state index contributed by atoms with van der Waals surface area (Å²) in [6.07, 6.45) is -3.92. The number of aryl methyl sites for hydroxylation is 1. The summed E-state index contributed by atoms with van der Waals surface area (Å²) in [4.78, 5) is 24.7. The lowest BCUT2D eigenvalue weighted by atomic mass is 9.85. The molecule has 0 aliphatic heterocycles. The molecule has 0 heterocycles. The number of hydrogen-bond donors (Lipinski definition) is 3. The summed E-state index contributed by atoms with van der Waals surface area (Å²) in [6.45, 7) is 2.49. The van der Waals surface area contributed by atoms with Crippen LogP contribution < -0.4 is 10.6 Å². The highest BCUT2D eigenvalue weighted by atomic mass is 19.4. The Bertz CT molecular complexity index is 661. The summed E-state index contributed by atoms with van der Waals surface area (Å²) in [5, 5.41) is 14.3. The molecule has 0 spiro atoms. The van der Waals surface area contributed by atoms with E-state index < -0.39 is 24.6 Å².